The highest BCUT2D eigenvalue weighted by Gasteiger charge is 2.49. The molecule has 1 amide bonds. The molecule has 2 saturated heterocycles. The third kappa shape index (κ3) is 3.59. The van der Waals surface area contributed by atoms with E-state index in [1.54, 1.807) is 23.5 Å². The summed E-state index contributed by atoms with van der Waals surface area (Å²) in [7, 11) is 0. The summed E-state index contributed by atoms with van der Waals surface area (Å²) in [5.74, 6) is -0.0912. The summed E-state index contributed by atoms with van der Waals surface area (Å²) in [6.07, 6.45) is 8.52. The van der Waals surface area contributed by atoms with Crippen LogP contribution in [0.5, 0.6) is 0 Å². The van der Waals surface area contributed by atoms with Gasteiger partial charge >= 0.3 is 0 Å². The van der Waals surface area contributed by atoms with Crippen LogP contribution in [0.2, 0.25) is 0 Å². The summed E-state index contributed by atoms with van der Waals surface area (Å²) in [6, 6.07) is 3.92. The number of aryl methyl sites for hydroxylation is 1. The molecule has 0 saturated carbocycles. The smallest absolute Gasteiger partial charge is 0.274 e. The fourth-order valence-corrected chi connectivity index (χ4v) is 3.50. The molecule has 1 spiro atoms. The Bertz CT molecular complexity index is 760. The molecule has 0 aromatic carbocycles. The monoisotopic (exact) mass is 354 g/mol. The number of likely N-dealkylation sites (tertiary alicyclic amines) is 1. The number of carbonyl (C=O) groups excluding carboxylic acids is 1. The first-order valence-corrected chi connectivity index (χ1v) is 8.86. The van der Waals surface area contributed by atoms with Gasteiger partial charge in [-0.2, -0.15) is 0 Å². The van der Waals surface area contributed by atoms with Gasteiger partial charge in [-0.1, -0.05) is 0 Å². The van der Waals surface area contributed by atoms with Gasteiger partial charge in [0.25, 0.3) is 5.91 Å². The van der Waals surface area contributed by atoms with Crippen molar-refractivity contribution < 1.29 is 14.3 Å². The van der Waals surface area contributed by atoms with Gasteiger partial charge in [-0.25, -0.2) is 4.98 Å². The number of aromatic nitrogens is 3. The Balaban J connectivity index is 1.31. The fraction of sp³-hybridized carbons (Fsp3) is 0.474. The molecular formula is C19H22N4O3. The van der Waals surface area contributed by atoms with Crippen LogP contribution in [0.15, 0.2) is 36.9 Å². The predicted octanol–water partition coefficient (Wildman–Crippen LogP) is 1.77. The molecule has 26 heavy (non-hydrogen) atoms. The third-order valence-electron chi connectivity index (χ3n) is 4.93. The van der Waals surface area contributed by atoms with Crippen molar-refractivity contribution in [2.45, 2.75) is 38.1 Å². The molecule has 4 rings (SSSR count). The van der Waals surface area contributed by atoms with Crippen LogP contribution >= 0.6 is 0 Å². The Morgan fingerprint density at radius 2 is 2.12 bits per heavy atom. The minimum absolute atomic E-state index is 0.0912. The van der Waals surface area contributed by atoms with E-state index in [0.29, 0.717) is 32.0 Å². The van der Waals surface area contributed by atoms with Crippen LogP contribution in [0.3, 0.4) is 0 Å². The SMILES string of the molecule is Cc1cnc(C(=O)N2CC3(C[C@@H](OCc4ccncc4)CCO3)C2)cn1. The quantitative estimate of drug-likeness (QED) is 0.833. The molecule has 0 radical (unpaired) electrons. The molecule has 2 aliphatic heterocycles. The maximum atomic E-state index is 12.5. The van der Waals surface area contributed by atoms with Crippen LogP contribution in [-0.2, 0) is 16.1 Å². The topological polar surface area (TPSA) is 77.4 Å². The zero-order chi connectivity index (χ0) is 18.0. The minimum Gasteiger partial charge on any atom is -0.373 e. The number of amides is 1. The lowest BCUT2D eigenvalue weighted by atomic mass is 9.84. The van der Waals surface area contributed by atoms with Crippen molar-refractivity contribution in [3.8, 4) is 0 Å². The molecule has 0 unspecified atom stereocenters. The summed E-state index contributed by atoms with van der Waals surface area (Å²) in [4.78, 5) is 26.6. The van der Waals surface area contributed by atoms with Crippen LogP contribution in [0.1, 0.15) is 34.6 Å². The van der Waals surface area contributed by atoms with Gasteiger partial charge in [0, 0.05) is 31.6 Å². The molecule has 4 heterocycles. The standard InChI is InChI=1S/C19H22N4O3/c1-14-9-22-17(10-21-14)18(24)23-12-19(13-23)8-16(4-7-26-19)25-11-15-2-5-20-6-3-15/h2-3,5-6,9-10,16H,4,7-8,11-13H2,1H3/t16-/m0/s1. The van der Waals surface area contributed by atoms with Gasteiger partial charge in [0.2, 0.25) is 0 Å². The van der Waals surface area contributed by atoms with E-state index in [4.69, 9.17) is 9.47 Å². The number of hydrogen-bond donors (Lipinski definition) is 0. The first kappa shape index (κ1) is 17.1. The van der Waals surface area contributed by atoms with Crippen LogP contribution in [0.4, 0.5) is 0 Å². The second-order valence-corrected chi connectivity index (χ2v) is 7.02. The maximum absolute atomic E-state index is 12.5. The first-order chi connectivity index (χ1) is 12.6. The summed E-state index contributed by atoms with van der Waals surface area (Å²) in [5.41, 5.74) is 2.01. The normalized spacial score (nSPS) is 21.4. The largest absolute Gasteiger partial charge is 0.373 e. The molecule has 136 valence electrons. The van der Waals surface area contributed by atoms with Gasteiger partial charge in [-0.05, 0) is 31.0 Å². The minimum atomic E-state index is -0.283. The first-order valence-electron chi connectivity index (χ1n) is 8.86. The summed E-state index contributed by atoms with van der Waals surface area (Å²) in [6.45, 7) is 4.24. The van der Waals surface area contributed by atoms with Crippen molar-refractivity contribution in [3.05, 3.63) is 53.9 Å². The molecule has 7 heteroatoms. The van der Waals surface area contributed by atoms with E-state index in [0.717, 1.165) is 24.1 Å². The zero-order valence-corrected chi connectivity index (χ0v) is 14.8. The van der Waals surface area contributed by atoms with Crippen molar-refractivity contribution >= 4 is 5.91 Å². The van der Waals surface area contributed by atoms with Gasteiger partial charge in [-0.3, -0.25) is 14.8 Å². The average molecular weight is 354 g/mol. The van der Waals surface area contributed by atoms with E-state index in [-0.39, 0.29) is 17.6 Å². The second-order valence-electron chi connectivity index (χ2n) is 7.02. The highest BCUT2D eigenvalue weighted by atomic mass is 16.5. The number of ether oxygens (including phenoxy) is 2. The Morgan fingerprint density at radius 1 is 1.31 bits per heavy atom. The number of nitrogens with zero attached hydrogens (tertiary/aromatic N) is 4. The van der Waals surface area contributed by atoms with E-state index in [1.165, 1.54) is 6.20 Å². The van der Waals surface area contributed by atoms with E-state index >= 15 is 0 Å². The maximum Gasteiger partial charge on any atom is 0.274 e. The molecule has 2 fully saturated rings. The summed E-state index contributed by atoms with van der Waals surface area (Å²) < 4.78 is 12.1. The molecule has 7 nitrogen and oxygen atoms in total. The highest BCUT2D eigenvalue weighted by molar-refractivity contribution is 5.92. The second kappa shape index (κ2) is 7.09. The van der Waals surface area contributed by atoms with Crippen LogP contribution < -0.4 is 0 Å². The number of carbonyl (C=O) groups is 1. The Hall–Kier alpha value is -2.38. The van der Waals surface area contributed by atoms with Gasteiger partial charge in [0.1, 0.15) is 11.3 Å². The Morgan fingerprint density at radius 3 is 2.85 bits per heavy atom. The Kier molecular flexibility index (Phi) is 4.65. The molecular weight excluding hydrogens is 332 g/mol. The molecule has 0 aliphatic carbocycles. The lowest BCUT2D eigenvalue weighted by Gasteiger charge is -2.52. The third-order valence-corrected chi connectivity index (χ3v) is 4.93. The van der Waals surface area contributed by atoms with Crippen molar-refractivity contribution in [1.29, 1.82) is 0 Å². The van der Waals surface area contributed by atoms with Crippen molar-refractivity contribution in [3.63, 3.8) is 0 Å². The van der Waals surface area contributed by atoms with Gasteiger partial charge in [0.05, 0.1) is 37.7 Å². The van der Waals surface area contributed by atoms with E-state index in [9.17, 15) is 4.79 Å². The fourth-order valence-electron chi connectivity index (χ4n) is 3.50. The molecule has 1 atom stereocenters. The predicted molar refractivity (Wildman–Crippen MR) is 93.4 cm³/mol. The average Bonchev–Trinajstić information content (AvgIpc) is 2.65. The number of pyridine rings is 1. The molecule has 2 aliphatic rings. The van der Waals surface area contributed by atoms with Gasteiger partial charge in [-0.15, -0.1) is 0 Å². The number of rotatable bonds is 4. The van der Waals surface area contributed by atoms with Crippen LogP contribution in [-0.4, -0.2) is 57.2 Å². The molecule has 0 bridgehead atoms. The van der Waals surface area contributed by atoms with Crippen molar-refractivity contribution in [2.75, 3.05) is 19.7 Å². The van der Waals surface area contributed by atoms with Crippen LogP contribution in [0, 0.1) is 6.92 Å². The van der Waals surface area contributed by atoms with E-state index in [2.05, 4.69) is 15.0 Å². The summed E-state index contributed by atoms with van der Waals surface area (Å²) in [5, 5.41) is 0. The highest BCUT2D eigenvalue weighted by Crippen LogP contribution is 2.36. The van der Waals surface area contributed by atoms with Crippen LogP contribution in [0.25, 0.3) is 0 Å². The lowest BCUT2D eigenvalue weighted by molar-refractivity contribution is -0.188. The Labute approximate surface area is 152 Å². The van der Waals surface area contributed by atoms with E-state index < -0.39 is 0 Å². The lowest BCUT2D eigenvalue weighted by Crippen LogP contribution is -2.67. The van der Waals surface area contributed by atoms with Gasteiger partial charge < -0.3 is 14.4 Å². The van der Waals surface area contributed by atoms with Crippen molar-refractivity contribution in [2.24, 2.45) is 0 Å². The number of hydrogen-bond acceptors (Lipinski definition) is 6. The molecule has 0 N–H and O–H groups in total. The molecule has 2 aromatic heterocycles. The molecule has 2 aromatic rings. The van der Waals surface area contributed by atoms with Gasteiger partial charge in [0.15, 0.2) is 0 Å². The van der Waals surface area contributed by atoms with Crippen molar-refractivity contribution in [1.82, 2.24) is 19.9 Å². The summed E-state index contributed by atoms with van der Waals surface area (Å²) >= 11 is 0. The zero-order valence-electron chi connectivity index (χ0n) is 14.8. The van der Waals surface area contributed by atoms with E-state index in [1.807, 2.05) is 19.1 Å².